The van der Waals surface area contributed by atoms with Crippen LogP contribution in [0.15, 0.2) is 36.9 Å². The molecule has 0 aromatic carbocycles. The minimum absolute atomic E-state index is 0.667. The maximum atomic E-state index is 4.41. The van der Waals surface area contributed by atoms with Gasteiger partial charge in [0.1, 0.15) is 5.82 Å². The maximum absolute atomic E-state index is 4.41. The Morgan fingerprint density at radius 1 is 1.21 bits per heavy atom. The summed E-state index contributed by atoms with van der Waals surface area (Å²) in [5, 5.41) is 3.43. The highest BCUT2D eigenvalue weighted by molar-refractivity contribution is 5.09. The van der Waals surface area contributed by atoms with Crippen molar-refractivity contribution in [3.05, 3.63) is 48.3 Å². The van der Waals surface area contributed by atoms with E-state index in [4.69, 9.17) is 0 Å². The quantitative estimate of drug-likeness (QED) is 0.828. The maximum Gasteiger partial charge on any atom is 0.122 e. The molecule has 0 bridgehead atoms. The van der Waals surface area contributed by atoms with Gasteiger partial charge in [-0.3, -0.25) is 4.98 Å². The fourth-order valence-electron chi connectivity index (χ4n) is 1.98. The van der Waals surface area contributed by atoms with Gasteiger partial charge in [-0.15, -0.1) is 0 Å². The van der Waals surface area contributed by atoms with Crippen LogP contribution in [0.1, 0.15) is 25.2 Å². The van der Waals surface area contributed by atoms with Gasteiger partial charge in [0, 0.05) is 31.3 Å². The van der Waals surface area contributed by atoms with Crippen LogP contribution in [0.4, 0.5) is 0 Å². The molecule has 0 unspecified atom stereocenters. The summed E-state index contributed by atoms with van der Waals surface area (Å²) in [6.07, 6.45) is 8.62. The van der Waals surface area contributed by atoms with Crippen LogP contribution >= 0.6 is 0 Å². The van der Waals surface area contributed by atoms with Crippen LogP contribution in [0.2, 0.25) is 0 Å². The number of imidazole rings is 1. The summed E-state index contributed by atoms with van der Waals surface area (Å²) in [4.78, 5) is 8.45. The minimum Gasteiger partial charge on any atom is -0.334 e. The highest BCUT2D eigenvalue weighted by Gasteiger charge is 2.03. The second-order valence-corrected chi connectivity index (χ2v) is 5.17. The Morgan fingerprint density at radius 3 is 2.74 bits per heavy atom. The summed E-state index contributed by atoms with van der Waals surface area (Å²) in [6, 6.07) is 4.13. The molecule has 0 spiro atoms. The zero-order valence-electron chi connectivity index (χ0n) is 11.7. The molecule has 1 N–H and O–H groups in total. The summed E-state index contributed by atoms with van der Waals surface area (Å²) in [5.41, 5.74) is 1.31. The van der Waals surface area contributed by atoms with E-state index in [1.807, 2.05) is 24.8 Å². The average Bonchev–Trinajstić information content (AvgIpc) is 2.85. The normalized spacial score (nSPS) is 11.1. The van der Waals surface area contributed by atoms with Crippen LogP contribution in [0.3, 0.4) is 0 Å². The highest BCUT2D eigenvalue weighted by atomic mass is 15.1. The number of aryl methyl sites for hydroxylation is 2. The van der Waals surface area contributed by atoms with Gasteiger partial charge in [-0.25, -0.2) is 4.98 Å². The topological polar surface area (TPSA) is 42.7 Å². The molecule has 0 saturated carbocycles. The van der Waals surface area contributed by atoms with Crippen molar-refractivity contribution in [2.45, 2.75) is 33.4 Å². The summed E-state index contributed by atoms with van der Waals surface area (Å²) in [6.45, 7) is 7.24. The van der Waals surface area contributed by atoms with Crippen LogP contribution in [-0.2, 0) is 19.5 Å². The van der Waals surface area contributed by atoms with E-state index in [-0.39, 0.29) is 0 Å². The van der Waals surface area contributed by atoms with Gasteiger partial charge in [0.2, 0.25) is 0 Å². The molecule has 4 heteroatoms. The first-order valence-electron chi connectivity index (χ1n) is 6.85. The molecule has 102 valence electrons. The summed E-state index contributed by atoms with van der Waals surface area (Å²) < 4.78 is 2.22. The molecule has 0 aliphatic rings. The van der Waals surface area contributed by atoms with E-state index in [2.05, 4.69) is 45.8 Å². The Balaban J connectivity index is 1.85. The van der Waals surface area contributed by atoms with Crippen molar-refractivity contribution in [2.24, 2.45) is 5.92 Å². The van der Waals surface area contributed by atoms with Crippen LogP contribution in [0.25, 0.3) is 0 Å². The molecule has 2 rings (SSSR count). The molecule has 19 heavy (non-hydrogen) atoms. The standard InChI is InChI=1S/C15H22N4/c1-13(2)11-17-12-15-18-8-10-19(15)9-5-14-3-6-16-7-4-14/h3-4,6-8,10,13,17H,5,9,11-12H2,1-2H3. The van der Waals surface area contributed by atoms with Crippen molar-refractivity contribution in [1.29, 1.82) is 0 Å². The first kappa shape index (κ1) is 13.7. The van der Waals surface area contributed by atoms with Gasteiger partial charge in [-0.1, -0.05) is 13.8 Å². The van der Waals surface area contributed by atoms with Gasteiger partial charge < -0.3 is 9.88 Å². The fourth-order valence-corrected chi connectivity index (χ4v) is 1.98. The first-order chi connectivity index (χ1) is 9.25. The lowest BCUT2D eigenvalue weighted by atomic mass is 10.2. The summed E-state index contributed by atoms with van der Waals surface area (Å²) >= 11 is 0. The number of aromatic nitrogens is 3. The van der Waals surface area contributed by atoms with E-state index < -0.39 is 0 Å². The lowest BCUT2D eigenvalue weighted by Crippen LogP contribution is -2.21. The van der Waals surface area contributed by atoms with Crippen LogP contribution in [0.5, 0.6) is 0 Å². The highest BCUT2D eigenvalue weighted by Crippen LogP contribution is 2.03. The molecule has 2 heterocycles. The van der Waals surface area contributed by atoms with Crippen molar-refractivity contribution in [3.63, 3.8) is 0 Å². The van der Waals surface area contributed by atoms with Gasteiger partial charge in [0.25, 0.3) is 0 Å². The van der Waals surface area contributed by atoms with E-state index in [1.54, 1.807) is 0 Å². The Bertz CT molecular complexity index is 476. The molecule has 4 nitrogen and oxygen atoms in total. The van der Waals surface area contributed by atoms with Crippen LogP contribution in [-0.4, -0.2) is 21.1 Å². The van der Waals surface area contributed by atoms with Crippen molar-refractivity contribution >= 4 is 0 Å². The minimum atomic E-state index is 0.667. The Hall–Kier alpha value is -1.68. The third-order valence-electron chi connectivity index (χ3n) is 3.03. The van der Waals surface area contributed by atoms with Gasteiger partial charge >= 0.3 is 0 Å². The summed E-state index contributed by atoms with van der Waals surface area (Å²) in [7, 11) is 0. The molecule has 0 atom stereocenters. The molecule has 0 amide bonds. The van der Waals surface area contributed by atoms with Gasteiger partial charge in [-0.2, -0.15) is 0 Å². The number of hydrogen-bond acceptors (Lipinski definition) is 3. The van der Waals surface area contributed by atoms with Gasteiger partial charge in [0.15, 0.2) is 0 Å². The van der Waals surface area contributed by atoms with E-state index in [0.717, 1.165) is 31.9 Å². The van der Waals surface area contributed by atoms with Crippen molar-refractivity contribution in [2.75, 3.05) is 6.54 Å². The molecular formula is C15H22N4. The molecule has 0 saturated heterocycles. The van der Waals surface area contributed by atoms with E-state index in [9.17, 15) is 0 Å². The largest absolute Gasteiger partial charge is 0.334 e. The zero-order chi connectivity index (χ0) is 13.5. The third kappa shape index (κ3) is 4.48. The van der Waals surface area contributed by atoms with Gasteiger partial charge in [0.05, 0.1) is 6.54 Å². The van der Waals surface area contributed by atoms with E-state index in [1.165, 1.54) is 5.56 Å². The molecule has 0 fully saturated rings. The smallest absolute Gasteiger partial charge is 0.122 e. The van der Waals surface area contributed by atoms with Crippen molar-refractivity contribution < 1.29 is 0 Å². The first-order valence-corrected chi connectivity index (χ1v) is 6.85. The third-order valence-corrected chi connectivity index (χ3v) is 3.03. The lowest BCUT2D eigenvalue weighted by Gasteiger charge is -2.10. The monoisotopic (exact) mass is 258 g/mol. The van der Waals surface area contributed by atoms with Crippen molar-refractivity contribution in [1.82, 2.24) is 19.9 Å². The van der Waals surface area contributed by atoms with Crippen LogP contribution in [0, 0.1) is 5.92 Å². The SMILES string of the molecule is CC(C)CNCc1nccn1CCc1ccncc1. The second kappa shape index (κ2) is 7.04. The Morgan fingerprint density at radius 2 is 2.00 bits per heavy atom. The Labute approximate surface area is 114 Å². The average molecular weight is 258 g/mol. The lowest BCUT2D eigenvalue weighted by molar-refractivity contribution is 0.527. The number of rotatable bonds is 7. The fraction of sp³-hybridized carbons (Fsp3) is 0.467. The van der Waals surface area contributed by atoms with E-state index in [0.29, 0.717) is 5.92 Å². The molecular weight excluding hydrogens is 236 g/mol. The number of nitrogens with zero attached hydrogens (tertiary/aromatic N) is 3. The predicted molar refractivity (Wildman–Crippen MR) is 76.7 cm³/mol. The number of nitrogens with one attached hydrogen (secondary N) is 1. The summed E-state index contributed by atoms with van der Waals surface area (Å²) in [5.74, 6) is 1.77. The molecule has 0 aliphatic carbocycles. The van der Waals surface area contributed by atoms with Crippen LogP contribution < -0.4 is 5.32 Å². The molecule has 2 aromatic rings. The second-order valence-electron chi connectivity index (χ2n) is 5.17. The predicted octanol–water partition coefficient (Wildman–Crippen LogP) is 2.27. The molecule has 0 radical (unpaired) electrons. The zero-order valence-corrected chi connectivity index (χ0v) is 11.7. The van der Waals surface area contributed by atoms with E-state index >= 15 is 0 Å². The molecule has 2 aromatic heterocycles. The van der Waals surface area contributed by atoms with Crippen molar-refractivity contribution in [3.8, 4) is 0 Å². The van der Waals surface area contributed by atoms with Gasteiger partial charge in [-0.05, 0) is 36.6 Å². The number of pyridine rings is 1. The Kier molecular flexibility index (Phi) is 5.10. The molecule has 0 aliphatic heterocycles. The number of hydrogen-bond donors (Lipinski definition) is 1.